The molecule has 1 aliphatic heterocycles. The highest BCUT2D eigenvalue weighted by molar-refractivity contribution is 6.01. The maximum absolute atomic E-state index is 11.2. The van der Waals surface area contributed by atoms with Crippen molar-refractivity contribution in [2.45, 2.75) is 26.2 Å². The molecular weight excluding hydrogens is 270 g/mol. The third-order valence-electron chi connectivity index (χ3n) is 4.60. The minimum atomic E-state index is 0.0247. The fourth-order valence-electron chi connectivity index (χ4n) is 3.41. The quantitative estimate of drug-likeness (QED) is 0.889. The van der Waals surface area contributed by atoms with Crippen molar-refractivity contribution in [3.05, 3.63) is 77.6 Å². The van der Waals surface area contributed by atoms with Crippen molar-refractivity contribution < 1.29 is 9.69 Å². The van der Waals surface area contributed by atoms with E-state index in [4.69, 9.17) is 0 Å². The summed E-state index contributed by atoms with van der Waals surface area (Å²) in [5.74, 6) is 0.0548. The standard InChI is InChI=1S/C20H21NO/c1-4-21-18-8-6-5-7-17(18)20(2,3)19(21)14-11-15-9-12-16(22)13-10-15/h5-14H,4H2,1-3H3/p+1. The molecule has 1 atom stereocenters. The second-order valence-corrected chi connectivity index (χ2v) is 6.32. The number of ketones is 1. The molecule has 1 aromatic rings. The summed E-state index contributed by atoms with van der Waals surface area (Å²) in [5, 5.41) is 0. The number of benzene rings is 1. The molecule has 0 radical (unpaired) electrons. The van der Waals surface area contributed by atoms with E-state index < -0.39 is 0 Å². The SMILES string of the molecule is CC[NH+]1C(=CC=C2C=CC(=O)C=C2)C(C)(C)c2ccccc21. The van der Waals surface area contributed by atoms with Crippen LogP contribution in [0.3, 0.4) is 0 Å². The Labute approximate surface area is 132 Å². The van der Waals surface area contributed by atoms with Gasteiger partial charge in [-0.05, 0) is 56.7 Å². The highest BCUT2D eigenvalue weighted by Crippen LogP contribution is 2.38. The molecular formula is C20H22NO+. The van der Waals surface area contributed by atoms with Gasteiger partial charge in [-0.15, -0.1) is 0 Å². The highest BCUT2D eigenvalue weighted by Gasteiger charge is 2.44. The first-order chi connectivity index (χ1) is 10.5. The zero-order chi connectivity index (χ0) is 15.7. The van der Waals surface area contributed by atoms with Crippen molar-refractivity contribution in [1.29, 1.82) is 0 Å². The lowest BCUT2D eigenvalue weighted by Gasteiger charge is -2.20. The summed E-state index contributed by atoms with van der Waals surface area (Å²) in [5.41, 5.74) is 5.25. The number of nitrogens with one attached hydrogen (secondary N) is 1. The van der Waals surface area contributed by atoms with Gasteiger partial charge in [0.1, 0.15) is 11.4 Å². The number of fused-ring (bicyclic) bond motifs is 1. The van der Waals surface area contributed by atoms with Gasteiger partial charge in [-0.3, -0.25) is 9.69 Å². The predicted molar refractivity (Wildman–Crippen MR) is 90.1 cm³/mol. The minimum absolute atomic E-state index is 0.0247. The van der Waals surface area contributed by atoms with Gasteiger partial charge >= 0.3 is 0 Å². The zero-order valence-electron chi connectivity index (χ0n) is 13.4. The first-order valence-corrected chi connectivity index (χ1v) is 7.82. The van der Waals surface area contributed by atoms with Gasteiger partial charge in [-0.1, -0.05) is 30.4 Å². The molecule has 22 heavy (non-hydrogen) atoms. The van der Waals surface area contributed by atoms with Gasteiger partial charge < -0.3 is 0 Å². The van der Waals surface area contributed by atoms with Crippen molar-refractivity contribution in [2.24, 2.45) is 0 Å². The van der Waals surface area contributed by atoms with E-state index in [-0.39, 0.29) is 11.2 Å². The molecule has 0 spiro atoms. The Morgan fingerprint density at radius 1 is 1.05 bits per heavy atom. The van der Waals surface area contributed by atoms with Crippen LogP contribution in [0.2, 0.25) is 0 Å². The molecule has 1 aliphatic carbocycles. The van der Waals surface area contributed by atoms with Gasteiger partial charge in [0.25, 0.3) is 0 Å². The lowest BCUT2D eigenvalue weighted by atomic mass is 9.83. The fraction of sp³-hybridized carbons (Fsp3) is 0.250. The molecule has 0 fully saturated rings. The summed E-state index contributed by atoms with van der Waals surface area (Å²) in [4.78, 5) is 12.6. The number of hydrogen-bond acceptors (Lipinski definition) is 1. The Balaban J connectivity index is 2.02. The molecule has 112 valence electrons. The largest absolute Gasteiger partial charge is 0.290 e. The van der Waals surface area contributed by atoms with Crippen LogP contribution in [0, 0.1) is 0 Å². The summed E-state index contributed by atoms with van der Waals surface area (Å²) in [6.45, 7) is 7.82. The Kier molecular flexibility index (Phi) is 3.71. The van der Waals surface area contributed by atoms with Gasteiger partial charge in [0.15, 0.2) is 5.78 Å². The van der Waals surface area contributed by atoms with Crippen LogP contribution in [0.1, 0.15) is 26.3 Å². The molecule has 1 heterocycles. The number of carbonyl (C=O) groups is 1. The van der Waals surface area contributed by atoms with Crippen LogP contribution in [-0.2, 0) is 10.2 Å². The zero-order valence-corrected chi connectivity index (χ0v) is 13.4. The van der Waals surface area contributed by atoms with Crippen LogP contribution >= 0.6 is 0 Å². The first kappa shape index (κ1) is 14.7. The van der Waals surface area contributed by atoms with Crippen molar-refractivity contribution in [2.75, 3.05) is 6.54 Å². The molecule has 1 N–H and O–H groups in total. The van der Waals surface area contributed by atoms with Crippen molar-refractivity contribution in [3.63, 3.8) is 0 Å². The molecule has 2 heteroatoms. The number of carbonyl (C=O) groups excluding carboxylic acids is 1. The molecule has 0 saturated heterocycles. The Morgan fingerprint density at radius 2 is 1.73 bits per heavy atom. The normalized spacial score (nSPS) is 24.0. The van der Waals surface area contributed by atoms with Gasteiger partial charge in [0, 0.05) is 5.56 Å². The lowest BCUT2D eigenvalue weighted by Crippen LogP contribution is -3.04. The second kappa shape index (κ2) is 5.54. The number of allylic oxidation sites excluding steroid dienone is 8. The van der Waals surface area contributed by atoms with E-state index in [1.54, 1.807) is 12.2 Å². The number of para-hydroxylation sites is 1. The van der Waals surface area contributed by atoms with Crippen molar-refractivity contribution >= 4 is 11.5 Å². The summed E-state index contributed by atoms with van der Waals surface area (Å²) < 4.78 is 0. The molecule has 0 aromatic heterocycles. The van der Waals surface area contributed by atoms with E-state index >= 15 is 0 Å². The third-order valence-corrected chi connectivity index (χ3v) is 4.60. The molecule has 3 rings (SSSR count). The van der Waals surface area contributed by atoms with E-state index in [0.717, 1.165) is 12.1 Å². The van der Waals surface area contributed by atoms with Gasteiger partial charge in [-0.25, -0.2) is 0 Å². The van der Waals surface area contributed by atoms with E-state index in [1.807, 2.05) is 12.2 Å². The van der Waals surface area contributed by atoms with Gasteiger partial charge in [0.05, 0.1) is 12.0 Å². The molecule has 2 aliphatic rings. The summed E-state index contributed by atoms with van der Waals surface area (Å²) in [6, 6.07) is 8.69. The van der Waals surface area contributed by atoms with E-state index in [2.05, 4.69) is 57.2 Å². The first-order valence-electron chi connectivity index (χ1n) is 7.82. The molecule has 0 amide bonds. The van der Waals surface area contributed by atoms with Crippen LogP contribution in [0.5, 0.6) is 0 Å². The van der Waals surface area contributed by atoms with Crippen LogP contribution in [0.15, 0.2) is 72.0 Å². The van der Waals surface area contributed by atoms with Crippen molar-refractivity contribution in [3.8, 4) is 0 Å². The second-order valence-electron chi connectivity index (χ2n) is 6.32. The Hall–Kier alpha value is -2.19. The van der Waals surface area contributed by atoms with Gasteiger partial charge in [-0.2, -0.15) is 0 Å². The lowest BCUT2D eigenvalue weighted by molar-refractivity contribution is -0.786. The van der Waals surface area contributed by atoms with E-state index in [0.29, 0.717) is 0 Å². The average molecular weight is 292 g/mol. The van der Waals surface area contributed by atoms with E-state index in [9.17, 15) is 4.79 Å². The monoisotopic (exact) mass is 292 g/mol. The molecule has 1 aromatic carbocycles. The number of hydrogen-bond donors (Lipinski definition) is 1. The molecule has 2 nitrogen and oxygen atoms in total. The van der Waals surface area contributed by atoms with Crippen LogP contribution < -0.4 is 4.90 Å². The fourth-order valence-corrected chi connectivity index (χ4v) is 3.41. The Morgan fingerprint density at radius 3 is 2.41 bits per heavy atom. The molecule has 0 bridgehead atoms. The van der Waals surface area contributed by atoms with Crippen LogP contribution in [0.25, 0.3) is 0 Å². The minimum Gasteiger partial charge on any atom is -0.290 e. The predicted octanol–water partition coefficient (Wildman–Crippen LogP) is 3.02. The third kappa shape index (κ3) is 2.40. The summed E-state index contributed by atoms with van der Waals surface area (Å²) in [6.07, 6.45) is 11.3. The summed E-state index contributed by atoms with van der Waals surface area (Å²) >= 11 is 0. The number of quaternary nitrogens is 1. The molecule has 0 saturated carbocycles. The Bertz CT molecular complexity index is 714. The molecule has 1 unspecified atom stereocenters. The highest BCUT2D eigenvalue weighted by atomic mass is 16.1. The van der Waals surface area contributed by atoms with Gasteiger partial charge in [0.2, 0.25) is 0 Å². The maximum Gasteiger partial charge on any atom is 0.178 e. The topological polar surface area (TPSA) is 21.5 Å². The number of rotatable bonds is 2. The van der Waals surface area contributed by atoms with E-state index in [1.165, 1.54) is 21.8 Å². The smallest absolute Gasteiger partial charge is 0.178 e. The van der Waals surface area contributed by atoms with Crippen molar-refractivity contribution in [1.82, 2.24) is 0 Å². The van der Waals surface area contributed by atoms with Crippen LogP contribution in [0.4, 0.5) is 5.69 Å². The number of likely N-dealkylation sites (N-methyl/N-ethyl adjacent to an activating group) is 1. The van der Waals surface area contributed by atoms with Crippen LogP contribution in [-0.4, -0.2) is 12.3 Å². The average Bonchev–Trinajstić information content (AvgIpc) is 2.74. The maximum atomic E-state index is 11.2. The summed E-state index contributed by atoms with van der Waals surface area (Å²) in [7, 11) is 0.